The lowest BCUT2D eigenvalue weighted by atomic mass is 9.88. The Bertz CT molecular complexity index is 1620. The van der Waals surface area contributed by atoms with Crippen LogP contribution in [0.15, 0.2) is 60.2 Å². The number of nitrogens with zero attached hydrogens (tertiary/aromatic N) is 2. The molecule has 5 rings (SSSR count). The molecule has 0 radical (unpaired) electrons. The highest BCUT2D eigenvalue weighted by Crippen LogP contribution is 2.46. The highest BCUT2D eigenvalue weighted by molar-refractivity contribution is 7.00. The monoisotopic (exact) mass is 564 g/mol. The number of aromatic nitrogens is 2. The molecule has 0 fully saturated rings. The molecule has 4 aromatic rings. The van der Waals surface area contributed by atoms with Crippen molar-refractivity contribution in [3.63, 3.8) is 0 Å². The van der Waals surface area contributed by atoms with Crippen LogP contribution in [0, 0.1) is 5.82 Å². The van der Waals surface area contributed by atoms with E-state index in [1.165, 1.54) is 19.2 Å². The molecule has 0 saturated carbocycles. The van der Waals surface area contributed by atoms with Crippen LogP contribution in [0.2, 0.25) is 0 Å². The second-order valence-electron chi connectivity index (χ2n) is 10.00. The molecule has 3 aromatic carbocycles. The van der Waals surface area contributed by atoms with Crippen molar-refractivity contribution < 1.29 is 33.2 Å². The van der Waals surface area contributed by atoms with E-state index in [-0.39, 0.29) is 41.1 Å². The van der Waals surface area contributed by atoms with Crippen LogP contribution < -0.4 is 14.2 Å². The van der Waals surface area contributed by atoms with Gasteiger partial charge >= 0.3 is 5.97 Å². The summed E-state index contributed by atoms with van der Waals surface area (Å²) < 4.78 is 45.9. The number of hydrogen-bond acceptors (Lipinski definition) is 9. The Morgan fingerprint density at radius 1 is 0.925 bits per heavy atom. The Balaban J connectivity index is 1.67. The van der Waals surface area contributed by atoms with E-state index in [1.54, 1.807) is 24.3 Å². The predicted octanol–water partition coefficient (Wildman–Crippen LogP) is 5.81. The van der Waals surface area contributed by atoms with E-state index in [0.717, 1.165) is 23.4 Å². The van der Waals surface area contributed by atoms with E-state index in [2.05, 4.69) is 8.75 Å². The molecular weight excluding hydrogens is 535 g/mol. The first-order valence-electron chi connectivity index (χ1n) is 12.8. The van der Waals surface area contributed by atoms with Crippen LogP contribution in [0.5, 0.6) is 17.2 Å². The molecule has 0 aliphatic carbocycles. The van der Waals surface area contributed by atoms with Crippen LogP contribution in [-0.2, 0) is 21.7 Å². The quantitative estimate of drug-likeness (QED) is 0.254. The number of esters is 1. The largest absolute Gasteiger partial charge is 0.494 e. The number of halogens is 1. The Labute approximate surface area is 235 Å². The number of cyclic esters (lactones) is 1. The maximum atomic E-state index is 14.8. The molecule has 10 heteroatoms. The number of ether oxygens (including phenoxy) is 4. The summed E-state index contributed by atoms with van der Waals surface area (Å²) in [7, 11) is 1.35. The SMILES string of the molecule is COc1ccc(C2(O)OC(=O)C(c3ccc4nsnc4c3)=C2Cc2ccc(OC(C)C)c(OC(C)C)c2)cc1F. The Kier molecular flexibility index (Phi) is 7.48. The van der Waals surface area contributed by atoms with Gasteiger partial charge in [-0.2, -0.15) is 8.75 Å². The van der Waals surface area contributed by atoms with Crippen molar-refractivity contribution in [2.75, 3.05) is 7.11 Å². The third-order valence-corrected chi connectivity index (χ3v) is 6.91. The standard InChI is InChI=1S/C30H29FN2O6S/c1-16(2)37-26-10-6-18(13-27(26)38-17(3)4)12-21-28(19-7-9-23-24(14-19)33-40-32-23)29(34)39-30(21,35)20-8-11-25(36-5)22(31)15-20/h6-11,13-17,35H,12H2,1-5H3. The van der Waals surface area contributed by atoms with Crippen LogP contribution in [0.1, 0.15) is 44.4 Å². The first-order chi connectivity index (χ1) is 19.1. The van der Waals surface area contributed by atoms with E-state index < -0.39 is 17.6 Å². The van der Waals surface area contributed by atoms with Crippen molar-refractivity contribution in [1.82, 2.24) is 8.75 Å². The molecule has 1 aliphatic heterocycles. The van der Waals surface area contributed by atoms with Gasteiger partial charge in [-0.05, 0) is 81.3 Å². The zero-order valence-corrected chi connectivity index (χ0v) is 23.5. The van der Waals surface area contributed by atoms with Crippen LogP contribution in [0.4, 0.5) is 4.39 Å². The topological polar surface area (TPSA) is 100 Å². The van der Waals surface area contributed by atoms with Gasteiger partial charge in [-0.3, -0.25) is 0 Å². The van der Waals surface area contributed by atoms with Gasteiger partial charge in [0.25, 0.3) is 5.79 Å². The average molecular weight is 565 g/mol. The summed E-state index contributed by atoms with van der Waals surface area (Å²) in [5.74, 6) is -2.57. The molecular formula is C30H29FN2O6S. The maximum absolute atomic E-state index is 14.8. The second-order valence-corrected chi connectivity index (χ2v) is 10.5. The summed E-state index contributed by atoms with van der Waals surface area (Å²) in [6.45, 7) is 7.68. The van der Waals surface area contributed by atoms with Crippen molar-refractivity contribution >= 4 is 34.3 Å². The first kappa shape index (κ1) is 27.5. The maximum Gasteiger partial charge on any atom is 0.342 e. The summed E-state index contributed by atoms with van der Waals surface area (Å²) in [5, 5.41) is 11.9. The predicted molar refractivity (Wildman–Crippen MR) is 149 cm³/mol. The summed E-state index contributed by atoms with van der Waals surface area (Å²) >= 11 is 1.06. The highest BCUT2D eigenvalue weighted by atomic mass is 32.1. The number of rotatable bonds is 9. The van der Waals surface area contributed by atoms with Crippen LogP contribution in [-0.4, -0.2) is 39.1 Å². The normalized spacial score (nSPS) is 17.2. The van der Waals surface area contributed by atoms with Gasteiger partial charge in [0.05, 0.1) is 36.6 Å². The second kappa shape index (κ2) is 10.9. The molecule has 1 aliphatic rings. The lowest BCUT2D eigenvalue weighted by molar-refractivity contribution is -0.185. The van der Waals surface area contributed by atoms with Gasteiger partial charge in [-0.1, -0.05) is 12.1 Å². The van der Waals surface area contributed by atoms with Gasteiger partial charge in [0.15, 0.2) is 23.1 Å². The molecule has 40 heavy (non-hydrogen) atoms. The van der Waals surface area contributed by atoms with E-state index >= 15 is 0 Å². The van der Waals surface area contributed by atoms with Gasteiger partial charge in [-0.15, -0.1) is 0 Å². The van der Waals surface area contributed by atoms with Gasteiger partial charge < -0.3 is 24.1 Å². The third-order valence-electron chi connectivity index (χ3n) is 6.36. The molecule has 1 unspecified atom stereocenters. The van der Waals surface area contributed by atoms with Crippen molar-refractivity contribution in [1.29, 1.82) is 0 Å². The fraction of sp³-hybridized carbons (Fsp3) is 0.300. The number of benzene rings is 3. The molecule has 1 aromatic heterocycles. The number of methoxy groups -OCH3 is 1. The first-order valence-corrected chi connectivity index (χ1v) is 13.5. The van der Waals surface area contributed by atoms with E-state index in [1.807, 2.05) is 39.8 Å². The molecule has 8 nitrogen and oxygen atoms in total. The van der Waals surface area contributed by atoms with Crippen LogP contribution in [0.25, 0.3) is 16.6 Å². The highest BCUT2D eigenvalue weighted by Gasteiger charge is 2.48. The van der Waals surface area contributed by atoms with Crippen molar-refractivity contribution in [3.8, 4) is 17.2 Å². The minimum atomic E-state index is -2.24. The summed E-state index contributed by atoms with van der Waals surface area (Å²) in [6, 6.07) is 14.6. The zero-order chi connectivity index (χ0) is 28.6. The number of hydrogen-bond donors (Lipinski definition) is 1. The van der Waals surface area contributed by atoms with Crippen LogP contribution in [0.3, 0.4) is 0 Å². The molecule has 2 heterocycles. The number of aliphatic hydroxyl groups is 1. The lowest BCUT2D eigenvalue weighted by Crippen LogP contribution is -2.30. The molecule has 1 N–H and O–H groups in total. The zero-order valence-electron chi connectivity index (χ0n) is 22.7. The van der Waals surface area contributed by atoms with E-state index in [4.69, 9.17) is 18.9 Å². The fourth-order valence-corrected chi connectivity index (χ4v) is 5.17. The molecule has 0 saturated heterocycles. The molecule has 1 atom stereocenters. The van der Waals surface area contributed by atoms with Crippen molar-refractivity contribution in [2.24, 2.45) is 0 Å². The average Bonchev–Trinajstić information content (AvgIpc) is 3.46. The Morgan fingerprint density at radius 2 is 1.62 bits per heavy atom. The smallest absolute Gasteiger partial charge is 0.342 e. The number of carbonyl (C=O) groups is 1. The fourth-order valence-electron chi connectivity index (χ4n) is 4.65. The van der Waals surface area contributed by atoms with Gasteiger partial charge in [-0.25, -0.2) is 9.18 Å². The molecule has 0 bridgehead atoms. The Morgan fingerprint density at radius 3 is 2.33 bits per heavy atom. The van der Waals surface area contributed by atoms with Gasteiger partial charge in [0, 0.05) is 17.6 Å². The van der Waals surface area contributed by atoms with Crippen molar-refractivity contribution in [3.05, 3.63) is 82.7 Å². The molecule has 0 spiro atoms. The minimum absolute atomic E-state index is 0.000118. The van der Waals surface area contributed by atoms with E-state index in [9.17, 15) is 14.3 Å². The Hall–Kier alpha value is -4.02. The number of fused-ring (bicyclic) bond motifs is 1. The summed E-state index contributed by atoms with van der Waals surface area (Å²) in [5.41, 5.74) is 2.99. The number of carbonyl (C=O) groups excluding carboxylic acids is 1. The lowest BCUT2D eigenvalue weighted by Gasteiger charge is -2.26. The van der Waals surface area contributed by atoms with Crippen LogP contribution >= 0.6 is 11.7 Å². The minimum Gasteiger partial charge on any atom is -0.494 e. The third kappa shape index (κ3) is 5.24. The summed E-state index contributed by atoms with van der Waals surface area (Å²) in [6.07, 6.45) is -0.0936. The molecule has 208 valence electrons. The summed E-state index contributed by atoms with van der Waals surface area (Å²) in [4.78, 5) is 13.4. The van der Waals surface area contributed by atoms with E-state index in [0.29, 0.717) is 28.1 Å². The van der Waals surface area contributed by atoms with Gasteiger partial charge in [0.2, 0.25) is 0 Å². The molecule has 0 amide bonds. The van der Waals surface area contributed by atoms with Crippen molar-refractivity contribution in [2.45, 2.75) is 52.1 Å². The van der Waals surface area contributed by atoms with Gasteiger partial charge in [0.1, 0.15) is 11.0 Å².